The lowest BCUT2D eigenvalue weighted by Crippen LogP contribution is -2.05. The van der Waals surface area contributed by atoms with E-state index >= 15 is 0 Å². The molecule has 4 heteroatoms. The summed E-state index contributed by atoms with van der Waals surface area (Å²) in [6.45, 7) is 0. The van der Waals surface area contributed by atoms with Gasteiger partial charge in [-0.2, -0.15) is 5.26 Å². The highest BCUT2D eigenvalue weighted by atomic mass is 79.9. The molecule has 0 aliphatic rings. The number of carbonyl (C=O) groups is 1. The number of nitriles is 1. The maximum atomic E-state index is 11.2. The number of rotatable bonds is 3. The van der Waals surface area contributed by atoms with Crippen LogP contribution in [0.25, 0.3) is 0 Å². The van der Waals surface area contributed by atoms with Crippen molar-refractivity contribution in [1.29, 1.82) is 5.26 Å². The van der Waals surface area contributed by atoms with Crippen LogP contribution in [0.3, 0.4) is 0 Å². The Morgan fingerprint density at radius 2 is 2.29 bits per heavy atom. The molecule has 0 heterocycles. The lowest BCUT2D eigenvalue weighted by molar-refractivity contribution is -0.115. The third-order valence-electron chi connectivity index (χ3n) is 1.75. The van der Waals surface area contributed by atoms with Crippen LogP contribution >= 0.6 is 28.6 Å². The monoisotopic (exact) mass is 269 g/mol. The van der Waals surface area contributed by atoms with E-state index in [1.54, 1.807) is 18.2 Å². The van der Waals surface area contributed by atoms with E-state index in [0.717, 1.165) is 10.5 Å². The van der Waals surface area contributed by atoms with E-state index in [1.165, 1.54) is 0 Å². The van der Waals surface area contributed by atoms with E-state index in [4.69, 9.17) is 5.26 Å². The fraction of sp³-hybridized carbons (Fsp3) is 0.200. The van der Waals surface area contributed by atoms with Gasteiger partial charge >= 0.3 is 0 Å². The summed E-state index contributed by atoms with van der Waals surface area (Å²) in [5, 5.41) is 9.11. The Kier molecular flexibility index (Phi) is 4.18. The molecule has 0 N–H and O–H groups in total. The van der Waals surface area contributed by atoms with Crippen LogP contribution in [0, 0.1) is 11.3 Å². The van der Waals surface area contributed by atoms with Crippen LogP contribution in [0.1, 0.15) is 11.1 Å². The van der Waals surface area contributed by atoms with Crippen molar-refractivity contribution in [2.75, 3.05) is 5.33 Å². The maximum Gasteiger partial charge on any atom is 0.147 e. The third kappa shape index (κ3) is 2.86. The van der Waals surface area contributed by atoms with Crippen LogP contribution in [-0.2, 0) is 11.2 Å². The average molecular weight is 270 g/mol. The van der Waals surface area contributed by atoms with Crippen LogP contribution < -0.4 is 0 Å². The molecular formula is C10H8BrNOS. The van der Waals surface area contributed by atoms with Gasteiger partial charge < -0.3 is 0 Å². The quantitative estimate of drug-likeness (QED) is 0.676. The number of carbonyl (C=O) groups excluding carboxylic acids is 1. The highest BCUT2D eigenvalue weighted by molar-refractivity contribution is 9.09. The summed E-state index contributed by atoms with van der Waals surface area (Å²) in [4.78, 5) is 11.9. The first-order valence-electron chi connectivity index (χ1n) is 3.97. The Balaban J connectivity index is 3.00. The molecule has 2 nitrogen and oxygen atoms in total. The second-order valence-electron chi connectivity index (χ2n) is 2.80. The highest BCUT2D eigenvalue weighted by Gasteiger charge is 2.07. The molecule has 0 saturated carbocycles. The number of thiol groups is 1. The summed E-state index contributed by atoms with van der Waals surface area (Å²) in [7, 11) is 0. The summed E-state index contributed by atoms with van der Waals surface area (Å²) in [5.41, 5.74) is 1.28. The SMILES string of the molecule is N#Cc1ccc(S)cc1CC(=O)CBr. The lowest BCUT2D eigenvalue weighted by Gasteiger charge is -2.02. The number of hydrogen-bond acceptors (Lipinski definition) is 3. The molecule has 1 rings (SSSR count). The second kappa shape index (κ2) is 5.18. The smallest absolute Gasteiger partial charge is 0.147 e. The molecule has 0 unspecified atom stereocenters. The van der Waals surface area contributed by atoms with E-state index in [9.17, 15) is 4.79 Å². The van der Waals surface area contributed by atoms with Crippen molar-refractivity contribution in [3.05, 3.63) is 29.3 Å². The van der Waals surface area contributed by atoms with E-state index < -0.39 is 0 Å². The zero-order valence-electron chi connectivity index (χ0n) is 7.33. The lowest BCUT2D eigenvalue weighted by atomic mass is 10.0. The molecule has 0 bridgehead atoms. The highest BCUT2D eigenvalue weighted by Crippen LogP contribution is 2.15. The Morgan fingerprint density at radius 1 is 1.57 bits per heavy atom. The van der Waals surface area contributed by atoms with Gasteiger partial charge in [-0.05, 0) is 23.8 Å². The van der Waals surface area contributed by atoms with Crippen molar-refractivity contribution >= 4 is 34.3 Å². The molecular weight excluding hydrogens is 262 g/mol. The number of hydrogen-bond donors (Lipinski definition) is 1. The van der Waals surface area contributed by atoms with Gasteiger partial charge in [0.1, 0.15) is 5.78 Å². The fourth-order valence-corrected chi connectivity index (χ4v) is 1.52. The van der Waals surface area contributed by atoms with Crippen LogP contribution in [0.4, 0.5) is 0 Å². The number of ketones is 1. The molecule has 0 radical (unpaired) electrons. The number of Topliss-reactive ketones (excluding diaryl/α,β-unsaturated/α-hetero) is 1. The second-order valence-corrected chi connectivity index (χ2v) is 3.88. The molecule has 0 amide bonds. The predicted molar refractivity (Wildman–Crippen MR) is 60.9 cm³/mol. The third-order valence-corrected chi connectivity index (χ3v) is 2.65. The predicted octanol–water partition coefficient (Wildman–Crippen LogP) is 2.35. The molecule has 0 atom stereocenters. The van der Waals surface area contributed by atoms with Gasteiger partial charge in [0.2, 0.25) is 0 Å². The molecule has 0 spiro atoms. The Hall–Kier alpha value is -0.790. The summed E-state index contributed by atoms with van der Waals surface area (Å²) < 4.78 is 0. The first kappa shape index (κ1) is 11.3. The van der Waals surface area contributed by atoms with Crippen molar-refractivity contribution < 1.29 is 4.79 Å². The van der Waals surface area contributed by atoms with Crippen LogP contribution in [0.2, 0.25) is 0 Å². The van der Waals surface area contributed by atoms with Gasteiger partial charge in [-0.15, -0.1) is 12.6 Å². The van der Waals surface area contributed by atoms with E-state index in [-0.39, 0.29) is 12.2 Å². The largest absolute Gasteiger partial charge is 0.298 e. The van der Waals surface area contributed by atoms with Gasteiger partial charge in [-0.3, -0.25) is 4.79 Å². The average Bonchev–Trinajstić information content (AvgIpc) is 2.18. The van der Waals surface area contributed by atoms with Gasteiger partial charge in [0.15, 0.2) is 0 Å². The normalized spacial score (nSPS) is 9.50. The first-order chi connectivity index (χ1) is 6.67. The topological polar surface area (TPSA) is 40.9 Å². The molecule has 0 aliphatic carbocycles. The van der Waals surface area contributed by atoms with Gasteiger partial charge in [0.05, 0.1) is 17.0 Å². The summed E-state index contributed by atoms with van der Waals surface area (Å²) in [6.07, 6.45) is 0.280. The van der Waals surface area contributed by atoms with Crippen LogP contribution in [0.5, 0.6) is 0 Å². The summed E-state index contributed by atoms with van der Waals surface area (Å²) in [5.74, 6) is 0.0560. The van der Waals surface area contributed by atoms with Crippen molar-refractivity contribution in [2.45, 2.75) is 11.3 Å². The van der Waals surface area contributed by atoms with Gasteiger partial charge in [0, 0.05) is 11.3 Å². The zero-order valence-corrected chi connectivity index (χ0v) is 9.81. The van der Waals surface area contributed by atoms with Crippen LogP contribution in [-0.4, -0.2) is 11.1 Å². The number of alkyl halides is 1. The summed E-state index contributed by atoms with van der Waals surface area (Å²) in [6, 6.07) is 7.22. The minimum atomic E-state index is 0.0560. The first-order valence-corrected chi connectivity index (χ1v) is 5.54. The van der Waals surface area contributed by atoms with Crippen molar-refractivity contribution in [1.82, 2.24) is 0 Å². The molecule has 14 heavy (non-hydrogen) atoms. The molecule has 0 aliphatic heterocycles. The van der Waals surface area contributed by atoms with Crippen molar-refractivity contribution in [3.63, 3.8) is 0 Å². The van der Waals surface area contributed by atoms with Gasteiger partial charge in [0.25, 0.3) is 0 Å². The number of nitrogens with zero attached hydrogens (tertiary/aromatic N) is 1. The Bertz CT molecular complexity index is 398. The molecule has 1 aromatic carbocycles. The standard InChI is InChI=1S/C10H8BrNOS/c11-5-9(13)3-8-4-10(14)2-1-7(8)6-12/h1-2,4,14H,3,5H2. The minimum absolute atomic E-state index is 0.0560. The van der Waals surface area contributed by atoms with E-state index in [2.05, 4.69) is 34.6 Å². The van der Waals surface area contributed by atoms with Crippen molar-refractivity contribution in [2.24, 2.45) is 0 Å². The van der Waals surface area contributed by atoms with Crippen molar-refractivity contribution in [3.8, 4) is 6.07 Å². The van der Waals surface area contributed by atoms with Gasteiger partial charge in [-0.25, -0.2) is 0 Å². The van der Waals surface area contributed by atoms with Crippen LogP contribution in [0.15, 0.2) is 23.1 Å². The minimum Gasteiger partial charge on any atom is -0.298 e. The maximum absolute atomic E-state index is 11.2. The van der Waals surface area contributed by atoms with Gasteiger partial charge in [-0.1, -0.05) is 15.9 Å². The fourth-order valence-electron chi connectivity index (χ4n) is 1.10. The number of benzene rings is 1. The van der Waals surface area contributed by atoms with E-state index in [1.807, 2.05) is 0 Å². The zero-order chi connectivity index (χ0) is 10.6. The van der Waals surface area contributed by atoms with E-state index in [0.29, 0.717) is 10.9 Å². The molecule has 1 aromatic rings. The number of halogens is 1. The molecule has 72 valence electrons. The molecule has 0 fully saturated rings. The Morgan fingerprint density at radius 3 is 2.86 bits per heavy atom. The molecule has 0 aromatic heterocycles. The summed E-state index contributed by atoms with van der Waals surface area (Å²) >= 11 is 7.25. The Labute approximate surface area is 96.5 Å². The molecule has 0 saturated heterocycles.